The number of benzene rings is 2. The number of nitrogens with two attached hydrogens (primary N) is 1. The van der Waals surface area contributed by atoms with Crippen LogP contribution in [0.2, 0.25) is 0 Å². The maximum atomic E-state index is 14.2. The number of nitrogens with one attached hydrogen (secondary N) is 2. The highest BCUT2D eigenvalue weighted by atomic mass is 32.2. The van der Waals surface area contributed by atoms with Crippen LogP contribution in [-0.2, 0) is 29.8 Å². The third-order valence-electron chi connectivity index (χ3n) is 8.21. The lowest BCUT2D eigenvalue weighted by Crippen LogP contribution is -2.62. The summed E-state index contributed by atoms with van der Waals surface area (Å²) in [6, 6.07) is 11.5. The number of nitrogens with zero attached hydrogens (tertiary/aromatic N) is 2. The van der Waals surface area contributed by atoms with Crippen LogP contribution in [0.25, 0.3) is 0 Å². The fourth-order valence-corrected chi connectivity index (χ4v) is 6.35. The smallest absolute Gasteiger partial charge is 0.407 e. The molecule has 0 aliphatic carbocycles. The van der Waals surface area contributed by atoms with Gasteiger partial charge in [-0.15, -0.1) is 0 Å². The lowest BCUT2D eigenvalue weighted by atomic mass is 9.76. The van der Waals surface area contributed by atoms with Crippen molar-refractivity contribution >= 4 is 39.5 Å². The number of rotatable bonds is 12. The second-order valence-corrected chi connectivity index (χ2v) is 15.4. The normalized spacial score (nSPS) is 14.5. The first-order valence-electron chi connectivity index (χ1n) is 15.2. The van der Waals surface area contributed by atoms with Crippen molar-refractivity contribution in [1.29, 1.82) is 0 Å². The number of likely N-dealkylation sites (N-methyl/N-ethyl adjacent to an activating group) is 2. The Bertz CT molecular complexity index is 1580. The third-order valence-corrected chi connectivity index (χ3v) is 9.56. The van der Waals surface area contributed by atoms with Crippen molar-refractivity contribution in [2.24, 2.45) is 11.3 Å². The summed E-state index contributed by atoms with van der Waals surface area (Å²) in [5, 5.41) is 12.7. The number of hydrogen-bond donors (Lipinski definition) is 4. The molecule has 2 aromatic carbocycles. The molecule has 0 aromatic heterocycles. The van der Waals surface area contributed by atoms with Gasteiger partial charge < -0.3 is 21.1 Å². The number of amides is 4. The molecule has 0 bridgehead atoms. The summed E-state index contributed by atoms with van der Waals surface area (Å²) in [7, 11) is -1.32. The van der Waals surface area contributed by atoms with E-state index in [9.17, 15) is 32.7 Å². The molecule has 5 N–H and O–H groups in total. The van der Waals surface area contributed by atoms with E-state index in [-0.39, 0.29) is 16.4 Å². The Kier molecular flexibility index (Phi) is 12.4. The molecular weight excluding hydrogens is 622 g/mol. The van der Waals surface area contributed by atoms with Gasteiger partial charge in [0, 0.05) is 30.8 Å². The van der Waals surface area contributed by atoms with E-state index in [1.807, 2.05) is 36.8 Å². The minimum atomic E-state index is -4.18. The standard InChI is InChI=1S/C34H49N5O7S/c1-21(2)26(20-22(3)29(40)37-47(45,46)25-18-16-24(35)17-19-25)38(9)31(42)27(33(4,5)6)36-30(41)28(39(10)32(43)44)34(7,8)23-14-12-11-13-15-23/h11-21,26-28H,35H2,1-10H3,(H,36,41)(H,37,40)(H,43,44)/t26-,27-,28-/m1/s1. The quantitative estimate of drug-likeness (QED) is 0.193. The molecule has 0 heterocycles. The van der Waals surface area contributed by atoms with E-state index < -0.39 is 62.8 Å². The molecule has 2 aromatic rings. The number of carbonyl (C=O) groups is 4. The highest BCUT2D eigenvalue weighted by Crippen LogP contribution is 2.32. The monoisotopic (exact) mass is 671 g/mol. The molecule has 3 atom stereocenters. The highest BCUT2D eigenvalue weighted by Gasteiger charge is 2.45. The first kappa shape index (κ1) is 38.8. The molecule has 0 fully saturated rings. The van der Waals surface area contributed by atoms with Gasteiger partial charge in [0.25, 0.3) is 15.9 Å². The van der Waals surface area contributed by atoms with E-state index in [0.717, 1.165) is 10.5 Å². The molecule has 0 unspecified atom stereocenters. The highest BCUT2D eigenvalue weighted by molar-refractivity contribution is 7.90. The Morgan fingerprint density at radius 2 is 1.43 bits per heavy atom. The summed E-state index contributed by atoms with van der Waals surface area (Å²) in [5.41, 5.74) is 5.02. The zero-order chi connectivity index (χ0) is 36.1. The average Bonchev–Trinajstić information content (AvgIpc) is 2.97. The zero-order valence-electron chi connectivity index (χ0n) is 28.9. The number of carbonyl (C=O) groups excluding carboxylic acids is 3. The molecular formula is C34H49N5O7S. The predicted octanol–water partition coefficient (Wildman–Crippen LogP) is 3.99. The molecule has 4 amide bonds. The van der Waals surface area contributed by atoms with E-state index in [0.29, 0.717) is 5.69 Å². The van der Waals surface area contributed by atoms with Crippen LogP contribution < -0.4 is 15.8 Å². The fourth-order valence-electron chi connectivity index (χ4n) is 5.34. The van der Waals surface area contributed by atoms with Crippen LogP contribution in [0.1, 0.15) is 61.0 Å². The summed E-state index contributed by atoms with van der Waals surface area (Å²) in [6.45, 7) is 14.0. The Morgan fingerprint density at radius 3 is 1.89 bits per heavy atom. The van der Waals surface area contributed by atoms with Crippen molar-refractivity contribution < 1.29 is 32.7 Å². The van der Waals surface area contributed by atoms with Crippen LogP contribution in [-0.4, -0.2) is 79.4 Å². The van der Waals surface area contributed by atoms with E-state index in [1.54, 1.807) is 53.8 Å². The Balaban J connectivity index is 2.42. The summed E-state index contributed by atoms with van der Waals surface area (Å²) < 4.78 is 27.6. The Labute approximate surface area is 278 Å². The van der Waals surface area contributed by atoms with Crippen molar-refractivity contribution in [3.05, 3.63) is 71.8 Å². The zero-order valence-corrected chi connectivity index (χ0v) is 29.7. The topological polar surface area (TPSA) is 179 Å². The van der Waals surface area contributed by atoms with Crippen molar-refractivity contribution in [1.82, 2.24) is 19.8 Å². The second kappa shape index (κ2) is 15.0. The maximum absolute atomic E-state index is 14.2. The van der Waals surface area contributed by atoms with Gasteiger partial charge in [0.15, 0.2) is 0 Å². The minimum absolute atomic E-state index is 0.0615. The lowest BCUT2D eigenvalue weighted by Gasteiger charge is -2.41. The van der Waals surface area contributed by atoms with Gasteiger partial charge in [-0.25, -0.2) is 17.9 Å². The van der Waals surface area contributed by atoms with Crippen LogP contribution >= 0.6 is 0 Å². The summed E-state index contributed by atoms with van der Waals surface area (Å²) in [5.74, 6) is -2.21. The van der Waals surface area contributed by atoms with Gasteiger partial charge in [0.2, 0.25) is 11.8 Å². The molecule has 258 valence electrons. The predicted molar refractivity (Wildman–Crippen MR) is 182 cm³/mol. The number of hydrogen-bond acceptors (Lipinski definition) is 7. The van der Waals surface area contributed by atoms with E-state index >= 15 is 0 Å². The van der Waals surface area contributed by atoms with Crippen LogP contribution in [0.15, 0.2) is 71.1 Å². The lowest BCUT2D eigenvalue weighted by molar-refractivity contribution is -0.141. The van der Waals surface area contributed by atoms with Gasteiger partial charge in [-0.1, -0.05) is 84.9 Å². The summed E-state index contributed by atoms with van der Waals surface area (Å²) in [4.78, 5) is 55.5. The molecule has 0 spiro atoms. The minimum Gasteiger partial charge on any atom is -0.465 e. The second-order valence-electron chi connectivity index (χ2n) is 13.7. The van der Waals surface area contributed by atoms with Crippen molar-refractivity contribution in [2.75, 3.05) is 19.8 Å². The number of sulfonamides is 1. The Hall–Kier alpha value is -4.39. The molecule has 12 nitrogen and oxygen atoms in total. The summed E-state index contributed by atoms with van der Waals surface area (Å²) in [6.07, 6.45) is 0.208. The third kappa shape index (κ3) is 9.57. The van der Waals surface area contributed by atoms with Gasteiger partial charge in [-0.3, -0.25) is 19.3 Å². The molecule has 0 saturated heterocycles. The van der Waals surface area contributed by atoms with Crippen LogP contribution in [0.3, 0.4) is 0 Å². The van der Waals surface area contributed by atoms with E-state index in [2.05, 4.69) is 5.32 Å². The van der Waals surface area contributed by atoms with Crippen LogP contribution in [0.4, 0.5) is 10.5 Å². The van der Waals surface area contributed by atoms with Gasteiger partial charge in [-0.2, -0.15) is 0 Å². The molecule has 0 aliphatic heterocycles. The van der Waals surface area contributed by atoms with Crippen LogP contribution in [0.5, 0.6) is 0 Å². The van der Waals surface area contributed by atoms with Crippen molar-refractivity contribution in [3.63, 3.8) is 0 Å². The number of carboxylic acid groups (broad SMARTS) is 1. The number of nitrogen functional groups attached to an aromatic ring is 1. The molecule has 2 rings (SSSR count). The van der Waals surface area contributed by atoms with E-state index in [4.69, 9.17) is 5.73 Å². The van der Waals surface area contributed by atoms with E-state index in [1.165, 1.54) is 49.2 Å². The first-order chi connectivity index (χ1) is 21.5. The Morgan fingerprint density at radius 1 is 0.894 bits per heavy atom. The van der Waals surface area contributed by atoms with Gasteiger partial charge in [0.1, 0.15) is 12.1 Å². The largest absolute Gasteiger partial charge is 0.465 e. The van der Waals surface area contributed by atoms with Crippen LogP contribution in [0, 0.1) is 11.3 Å². The van der Waals surface area contributed by atoms with Gasteiger partial charge in [-0.05, 0) is 48.1 Å². The fraction of sp³-hybridized carbons (Fsp3) is 0.471. The maximum Gasteiger partial charge on any atom is 0.407 e. The summed E-state index contributed by atoms with van der Waals surface area (Å²) >= 11 is 0. The van der Waals surface area contributed by atoms with Gasteiger partial charge >= 0.3 is 6.09 Å². The average molecular weight is 672 g/mol. The first-order valence-corrected chi connectivity index (χ1v) is 16.7. The molecule has 0 radical (unpaired) electrons. The van der Waals surface area contributed by atoms with Gasteiger partial charge in [0.05, 0.1) is 10.9 Å². The molecule has 13 heteroatoms. The molecule has 47 heavy (non-hydrogen) atoms. The van der Waals surface area contributed by atoms with Crippen molar-refractivity contribution in [3.8, 4) is 0 Å². The van der Waals surface area contributed by atoms with Crippen molar-refractivity contribution in [2.45, 2.75) is 83.8 Å². The molecule has 0 saturated carbocycles. The molecule has 0 aliphatic rings. The number of anilines is 1. The SMILES string of the molecule is CC(=C[C@H](C(C)C)N(C)C(=O)[C@@H](NC(=O)[C@@H](N(C)C(=O)O)C(C)(C)c1ccccc1)C(C)(C)C)C(=O)NS(=O)(=O)c1ccc(N)cc1.